The molecule has 0 spiro atoms. The zero-order valence-electron chi connectivity index (χ0n) is 13.8. The van der Waals surface area contributed by atoms with Crippen molar-refractivity contribution in [2.24, 2.45) is 5.92 Å². The number of nitrogens with zero attached hydrogens (tertiary/aromatic N) is 1. The molecule has 0 saturated carbocycles. The Bertz CT molecular complexity index is 650. The average Bonchev–Trinajstić information content (AvgIpc) is 3.05. The van der Waals surface area contributed by atoms with Gasteiger partial charge in [0.25, 0.3) is 0 Å². The van der Waals surface area contributed by atoms with Crippen LogP contribution in [0.3, 0.4) is 0 Å². The predicted molar refractivity (Wildman–Crippen MR) is 89.1 cm³/mol. The van der Waals surface area contributed by atoms with E-state index in [2.05, 4.69) is 22.1 Å². The van der Waals surface area contributed by atoms with Crippen LogP contribution in [-0.4, -0.2) is 50.9 Å². The van der Waals surface area contributed by atoms with Crippen LogP contribution >= 0.6 is 0 Å². The Morgan fingerprint density at radius 2 is 2.25 bits per heavy atom. The SMILES string of the molecule is CN1CCCC(C(=O)NCC#CCOc2ccc3c(c2)OCO3)C1. The van der Waals surface area contributed by atoms with Gasteiger partial charge in [-0.05, 0) is 38.6 Å². The second kappa shape index (κ2) is 7.93. The summed E-state index contributed by atoms with van der Waals surface area (Å²) in [6.45, 7) is 2.76. The third kappa shape index (κ3) is 4.33. The van der Waals surface area contributed by atoms with E-state index in [1.807, 2.05) is 19.2 Å². The molecule has 0 aromatic heterocycles. The summed E-state index contributed by atoms with van der Waals surface area (Å²) in [7, 11) is 2.05. The van der Waals surface area contributed by atoms with Gasteiger partial charge in [-0.15, -0.1) is 0 Å². The van der Waals surface area contributed by atoms with Gasteiger partial charge in [0.1, 0.15) is 12.4 Å². The molecule has 0 radical (unpaired) electrons. The highest BCUT2D eigenvalue weighted by Gasteiger charge is 2.23. The van der Waals surface area contributed by atoms with E-state index in [9.17, 15) is 4.79 Å². The van der Waals surface area contributed by atoms with Gasteiger partial charge in [-0.25, -0.2) is 0 Å². The molecule has 1 saturated heterocycles. The number of amides is 1. The molecule has 1 atom stereocenters. The number of fused-ring (bicyclic) bond motifs is 1. The fraction of sp³-hybridized carbons (Fsp3) is 0.500. The second-order valence-electron chi connectivity index (χ2n) is 5.98. The maximum Gasteiger partial charge on any atom is 0.231 e. The number of piperidine rings is 1. The van der Waals surface area contributed by atoms with E-state index in [-0.39, 0.29) is 25.2 Å². The molecule has 1 aromatic rings. The molecular formula is C18H22N2O4. The molecule has 6 heteroatoms. The minimum absolute atomic E-state index is 0.0791. The minimum atomic E-state index is 0.0791. The van der Waals surface area contributed by atoms with Gasteiger partial charge in [0, 0.05) is 12.6 Å². The quantitative estimate of drug-likeness (QED) is 0.842. The van der Waals surface area contributed by atoms with Crippen molar-refractivity contribution in [3.05, 3.63) is 18.2 Å². The van der Waals surface area contributed by atoms with Crippen molar-refractivity contribution in [3.8, 4) is 29.1 Å². The van der Waals surface area contributed by atoms with E-state index in [4.69, 9.17) is 14.2 Å². The molecule has 0 bridgehead atoms. The highest BCUT2D eigenvalue weighted by molar-refractivity contribution is 5.79. The van der Waals surface area contributed by atoms with Gasteiger partial charge in [0.05, 0.1) is 12.5 Å². The number of carbonyl (C=O) groups is 1. The van der Waals surface area contributed by atoms with Gasteiger partial charge >= 0.3 is 0 Å². The Hall–Kier alpha value is -2.39. The molecule has 2 aliphatic heterocycles. The molecule has 6 nitrogen and oxygen atoms in total. The van der Waals surface area contributed by atoms with Gasteiger partial charge in [-0.1, -0.05) is 11.8 Å². The number of rotatable bonds is 4. The van der Waals surface area contributed by atoms with E-state index in [1.165, 1.54) is 0 Å². The normalized spacial score (nSPS) is 19.3. The lowest BCUT2D eigenvalue weighted by molar-refractivity contribution is -0.126. The first-order valence-corrected chi connectivity index (χ1v) is 8.17. The Balaban J connectivity index is 1.36. The van der Waals surface area contributed by atoms with Crippen LogP contribution in [0.1, 0.15) is 12.8 Å². The molecule has 128 valence electrons. The topological polar surface area (TPSA) is 60.0 Å². The monoisotopic (exact) mass is 330 g/mol. The first-order chi connectivity index (χ1) is 11.7. The number of nitrogens with one attached hydrogen (secondary N) is 1. The maximum atomic E-state index is 12.0. The third-order valence-electron chi connectivity index (χ3n) is 4.13. The van der Waals surface area contributed by atoms with Crippen molar-refractivity contribution in [1.82, 2.24) is 10.2 Å². The van der Waals surface area contributed by atoms with Crippen molar-refractivity contribution in [2.75, 3.05) is 40.1 Å². The van der Waals surface area contributed by atoms with Gasteiger partial charge in [-0.2, -0.15) is 0 Å². The molecule has 0 aliphatic carbocycles. The summed E-state index contributed by atoms with van der Waals surface area (Å²) in [5.41, 5.74) is 0. The number of benzene rings is 1. The highest BCUT2D eigenvalue weighted by atomic mass is 16.7. The summed E-state index contributed by atoms with van der Waals surface area (Å²) in [5.74, 6) is 8.08. The average molecular weight is 330 g/mol. The number of hydrogen-bond donors (Lipinski definition) is 1. The van der Waals surface area contributed by atoms with E-state index in [0.717, 1.165) is 31.7 Å². The molecule has 24 heavy (non-hydrogen) atoms. The van der Waals surface area contributed by atoms with Gasteiger partial charge < -0.3 is 24.4 Å². The molecule has 1 aromatic carbocycles. The molecule has 3 rings (SSSR count). The molecule has 1 unspecified atom stereocenters. The lowest BCUT2D eigenvalue weighted by Gasteiger charge is -2.28. The number of likely N-dealkylation sites (tertiary alicyclic amines) is 1. The van der Waals surface area contributed by atoms with Crippen LogP contribution in [-0.2, 0) is 4.79 Å². The number of hydrogen-bond acceptors (Lipinski definition) is 5. The van der Waals surface area contributed by atoms with Crippen molar-refractivity contribution in [2.45, 2.75) is 12.8 Å². The lowest BCUT2D eigenvalue weighted by Crippen LogP contribution is -2.41. The summed E-state index contributed by atoms with van der Waals surface area (Å²) in [4.78, 5) is 14.2. The summed E-state index contributed by atoms with van der Waals surface area (Å²) in [6.07, 6.45) is 2.03. The number of carbonyl (C=O) groups excluding carboxylic acids is 1. The Morgan fingerprint density at radius 3 is 3.12 bits per heavy atom. The summed E-state index contributed by atoms with van der Waals surface area (Å²) >= 11 is 0. The highest BCUT2D eigenvalue weighted by Crippen LogP contribution is 2.34. The van der Waals surface area contributed by atoms with Crippen molar-refractivity contribution in [3.63, 3.8) is 0 Å². The van der Waals surface area contributed by atoms with Crippen molar-refractivity contribution >= 4 is 5.91 Å². The number of ether oxygens (including phenoxy) is 3. The summed E-state index contributed by atoms with van der Waals surface area (Å²) < 4.78 is 16.1. The molecule has 1 fully saturated rings. The minimum Gasteiger partial charge on any atom is -0.481 e. The Labute approximate surface area is 142 Å². The summed E-state index contributed by atoms with van der Waals surface area (Å²) in [6, 6.07) is 5.41. The van der Waals surface area contributed by atoms with E-state index >= 15 is 0 Å². The van der Waals surface area contributed by atoms with Crippen molar-refractivity contribution < 1.29 is 19.0 Å². The van der Waals surface area contributed by atoms with E-state index in [0.29, 0.717) is 18.0 Å². The fourth-order valence-electron chi connectivity index (χ4n) is 2.86. The largest absolute Gasteiger partial charge is 0.481 e. The Morgan fingerprint density at radius 1 is 1.38 bits per heavy atom. The summed E-state index contributed by atoms with van der Waals surface area (Å²) in [5, 5.41) is 2.87. The van der Waals surface area contributed by atoms with Crippen LogP contribution in [0.15, 0.2) is 18.2 Å². The molecule has 2 heterocycles. The van der Waals surface area contributed by atoms with E-state index in [1.54, 1.807) is 6.07 Å². The van der Waals surface area contributed by atoms with Gasteiger partial charge in [-0.3, -0.25) is 4.79 Å². The van der Waals surface area contributed by atoms with E-state index < -0.39 is 0 Å². The van der Waals surface area contributed by atoms with Crippen LogP contribution in [0.4, 0.5) is 0 Å². The molecule has 2 aliphatic rings. The second-order valence-corrected chi connectivity index (χ2v) is 5.98. The van der Waals surface area contributed by atoms with Crippen LogP contribution in [0.25, 0.3) is 0 Å². The van der Waals surface area contributed by atoms with Gasteiger partial charge in [0.15, 0.2) is 11.5 Å². The zero-order valence-corrected chi connectivity index (χ0v) is 13.8. The van der Waals surface area contributed by atoms with Crippen LogP contribution in [0.5, 0.6) is 17.2 Å². The van der Waals surface area contributed by atoms with Crippen LogP contribution in [0.2, 0.25) is 0 Å². The first-order valence-electron chi connectivity index (χ1n) is 8.17. The first kappa shape index (κ1) is 16.5. The van der Waals surface area contributed by atoms with Crippen LogP contribution in [0, 0.1) is 17.8 Å². The van der Waals surface area contributed by atoms with Crippen LogP contribution < -0.4 is 19.5 Å². The molecule has 1 amide bonds. The lowest BCUT2D eigenvalue weighted by atomic mass is 9.98. The Kier molecular flexibility index (Phi) is 5.44. The zero-order chi connectivity index (χ0) is 16.8. The fourth-order valence-corrected chi connectivity index (χ4v) is 2.86. The maximum absolute atomic E-state index is 12.0. The third-order valence-corrected chi connectivity index (χ3v) is 4.13. The smallest absolute Gasteiger partial charge is 0.231 e. The molecular weight excluding hydrogens is 308 g/mol. The molecule has 1 N–H and O–H groups in total. The van der Waals surface area contributed by atoms with Crippen molar-refractivity contribution in [1.29, 1.82) is 0 Å². The van der Waals surface area contributed by atoms with Gasteiger partial charge in [0.2, 0.25) is 12.7 Å². The standard InChI is InChI=1S/C18H22N2O4/c1-20-9-4-5-14(12-20)18(21)19-8-2-3-10-22-15-6-7-16-17(11-15)24-13-23-16/h6-7,11,14H,4-5,8-10,12-13H2,1H3,(H,19,21). The predicted octanol–water partition coefficient (Wildman–Crippen LogP) is 1.26.